The van der Waals surface area contributed by atoms with Crippen LogP contribution in [0.4, 0.5) is 0 Å². The first-order chi connectivity index (χ1) is 9.33. The van der Waals surface area contributed by atoms with Crippen LogP contribution in [0, 0.1) is 0 Å². The third kappa shape index (κ3) is 3.89. The highest BCUT2D eigenvalue weighted by Gasteiger charge is 2.05. The topological polar surface area (TPSA) is 60.6 Å². The van der Waals surface area contributed by atoms with Crippen LogP contribution >= 0.6 is 0 Å². The first kappa shape index (κ1) is 13.7. The maximum Gasteiger partial charge on any atom is 0.0964 e. The van der Waals surface area contributed by atoms with Crippen LogP contribution in [0.1, 0.15) is 38.1 Å². The van der Waals surface area contributed by atoms with Crippen LogP contribution in [0.25, 0.3) is 0 Å². The molecule has 2 aromatic heterocycles. The fourth-order valence-corrected chi connectivity index (χ4v) is 1.98. The number of aromatic nitrogens is 5. The van der Waals surface area contributed by atoms with Crippen molar-refractivity contribution in [2.45, 2.75) is 46.3 Å². The van der Waals surface area contributed by atoms with Crippen molar-refractivity contribution in [2.24, 2.45) is 0 Å². The highest BCUT2D eigenvalue weighted by atomic mass is 15.4. The average Bonchev–Trinajstić information content (AvgIpc) is 3.02. The summed E-state index contributed by atoms with van der Waals surface area (Å²) in [6.45, 7) is 7.82. The van der Waals surface area contributed by atoms with E-state index in [0.29, 0.717) is 0 Å². The molecule has 0 aliphatic rings. The lowest BCUT2D eigenvalue weighted by molar-refractivity contribution is 0.583. The average molecular weight is 262 g/mol. The summed E-state index contributed by atoms with van der Waals surface area (Å²) in [5, 5.41) is 11.6. The molecule has 0 bridgehead atoms. The fraction of sp³-hybridized carbons (Fsp3) is 0.615. The van der Waals surface area contributed by atoms with Gasteiger partial charge in [-0.2, -0.15) is 0 Å². The van der Waals surface area contributed by atoms with E-state index in [-0.39, 0.29) is 0 Å². The predicted molar refractivity (Wildman–Crippen MR) is 73.6 cm³/mol. The van der Waals surface area contributed by atoms with Crippen LogP contribution in [0.5, 0.6) is 0 Å². The molecule has 0 aliphatic carbocycles. The van der Waals surface area contributed by atoms with Crippen molar-refractivity contribution in [1.29, 1.82) is 0 Å². The largest absolute Gasteiger partial charge is 0.333 e. The highest BCUT2D eigenvalue weighted by Crippen LogP contribution is 2.04. The van der Waals surface area contributed by atoms with Gasteiger partial charge >= 0.3 is 0 Å². The minimum Gasteiger partial charge on any atom is -0.333 e. The number of aryl methyl sites for hydroxylation is 1. The van der Waals surface area contributed by atoms with Gasteiger partial charge in [-0.05, 0) is 19.4 Å². The van der Waals surface area contributed by atoms with Crippen molar-refractivity contribution in [3.8, 4) is 0 Å². The van der Waals surface area contributed by atoms with Crippen LogP contribution < -0.4 is 5.32 Å². The Balaban J connectivity index is 1.93. The van der Waals surface area contributed by atoms with Crippen molar-refractivity contribution in [3.05, 3.63) is 30.1 Å². The Hall–Kier alpha value is -1.69. The van der Waals surface area contributed by atoms with Crippen molar-refractivity contribution < 1.29 is 0 Å². The summed E-state index contributed by atoms with van der Waals surface area (Å²) in [7, 11) is 0. The second kappa shape index (κ2) is 7.04. The summed E-state index contributed by atoms with van der Waals surface area (Å²) in [5.74, 6) is 0. The number of imidazole rings is 1. The SMILES string of the molecule is CCCNCc1cn(Cc2cncn2CCC)nn1. The van der Waals surface area contributed by atoms with Gasteiger partial charge in [0, 0.05) is 13.1 Å². The Bertz CT molecular complexity index is 487. The Kier molecular flexibility index (Phi) is 5.09. The molecule has 0 atom stereocenters. The van der Waals surface area contributed by atoms with Gasteiger partial charge in [0.25, 0.3) is 0 Å². The van der Waals surface area contributed by atoms with Gasteiger partial charge < -0.3 is 9.88 Å². The molecule has 6 heteroatoms. The van der Waals surface area contributed by atoms with Crippen molar-refractivity contribution in [1.82, 2.24) is 29.9 Å². The van der Waals surface area contributed by atoms with Gasteiger partial charge in [0.1, 0.15) is 0 Å². The molecule has 0 radical (unpaired) electrons. The molecule has 104 valence electrons. The zero-order valence-electron chi connectivity index (χ0n) is 11.7. The molecule has 0 aliphatic heterocycles. The Morgan fingerprint density at radius 2 is 2.16 bits per heavy atom. The van der Waals surface area contributed by atoms with E-state index < -0.39 is 0 Å². The lowest BCUT2D eigenvalue weighted by Crippen LogP contribution is -2.14. The zero-order valence-corrected chi connectivity index (χ0v) is 11.7. The predicted octanol–water partition coefficient (Wildman–Crippen LogP) is 1.43. The van der Waals surface area contributed by atoms with E-state index in [2.05, 4.69) is 39.0 Å². The number of rotatable bonds is 8. The molecule has 19 heavy (non-hydrogen) atoms. The molecule has 2 aromatic rings. The van der Waals surface area contributed by atoms with Crippen molar-refractivity contribution in [2.75, 3.05) is 6.54 Å². The van der Waals surface area contributed by atoms with Gasteiger partial charge in [-0.15, -0.1) is 5.10 Å². The van der Waals surface area contributed by atoms with Crippen LogP contribution in [0.2, 0.25) is 0 Å². The van der Waals surface area contributed by atoms with E-state index in [4.69, 9.17) is 0 Å². The molecule has 1 N–H and O–H groups in total. The highest BCUT2D eigenvalue weighted by molar-refractivity contribution is 5.00. The molecule has 2 rings (SSSR count). The molecular weight excluding hydrogens is 240 g/mol. The normalized spacial score (nSPS) is 11.1. The monoisotopic (exact) mass is 262 g/mol. The number of hydrogen-bond donors (Lipinski definition) is 1. The van der Waals surface area contributed by atoms with Gasteiger partial charge in [0.05, 0.1) is 36.7 Å². The quantitative estimate of drug-likeness (QED) is 0.731. The Morgan fingerprint density at radius 3 is 2.95 bits per heavy atom. The second-order valence-electron chi connectivity index (χ2n) is 4.66. The molecule has 0 unspecified atom stereocenters. The molecule has 0 fully saturated rings. The summed E-state index contributed by atoms with van der Waals surface area (Å²) in [4.78, 5) is 4.19. The lowest BCUT2D eigenvalue weighted by Gasteiger charge is -2.05. The first-order valence-corrected chi connectivity index (χ1v) is 6.92. The molecule has 6 nitrogen and oxygen atoms in total. The molecule has 0 saturated heterocycles. The summed E-state index contributed by atoms with van der Waals surface area (Å²) >= 11 is 0. The fourth-order valence-electron chi connectivity index (χ4n) is 1.98. The van der Waals surface area contributed by atoms with E-state index in [1.807, 2.05) is 23.4 Å². The summed E-state index contributed by atoms with van der Waals surface area (Å²) < 4.78 is 4.03. The lowest BCUT2D eigenvalue weighted by atomic mass is 10.4. The van der Waals surface area contributed by atoms with E-state index >= 15 is 0 Å². The van der Waals surface area contributed by atoms with Crippen LogP contribution in [0.15, 0.2) is 18.7 Å². The minimum atomic E-state index is 0.723. The third-order valence-corrected chi connectivity index (χ3v) is 2.91. The van der Waals surface area contributed by atoms with Gasteiger partial charge in [0.2, 0.25) is 0 Å². The molecule has 0 saturated carbocycles. The van der Waals surface area contributed by atoms with Gasteiger partial charge in [-0.3, -0.25) is 0 Å². The van der Waals surface area contributed by atoms with E-state index in [9.17, 15) is 0 Å². The van der Waals surface area contributed by atoms with Crippen molar-refractivity contribution >= 4 is 0 Å². The summed E-state index contributed by atoms with van der Waals surface area (Å²) in [6.07, 6.45) is 8.00. The van der Waals surface area contributed by atoms with Crippen LogP contribution in [0.3, 0.4) is 0 Å². The van der Waals surface area contributed by atoms with E-state index in [1.54, 1.807) is 0 Å². The van der Waals surface area contributed by atoms with Crippen molar-refractivity contribution in [3.63, 3.8) is 0 Å². The number of nitrogens with zero attached hydrogens (tertiary/aromatic N) is 5. The second-order valence-corrected chi connectivity index (χ2v) is 4.66. The molecule has 0 aromatic carbocycles. The van der Waals surface area contributed by atoms with Gasteiger partial charge in [0.15, 0.2) is 0 Å². The van der Waals surface area contributed by atoms with E-state index in [0.717, 1.165) is 44.7 Å². The number of nitrogens with one attached hydrogen (secondary N) is 1. The first-order valence-electron chi connectivity index (χ1n) is 6.92. The van der Waals surface area contributed by atoms with Crippen LogP contribution in [-0.4, -0.2) is 31.1 Å². The standard InChI is InChI=1S/C13H22N6/c1-3-5-14-7-12-9-19(17-16-12)10-13-8-15-11-18(13)6-4-2/h8-9,11,14H,3-7,10H2,1-2H3. The smallest absolute Gasteiger partial charge is 0.0964 e. The third-order valence-electron chi connectivity index (χ3n) is 2.91. The van der Waals surface area contributed by atoms with Gasteiger partial charge in [-0.1, -0.05) is 19.1 Å². The Labute approximate surface area is 113 Å². The summed E-state index contributed by atoms with van der Waals surface area (Å²) in [5.41, 5.74) is 2.15. The summed E-state index contributed by atoms with van der Waals surface area (Å²) in [6, 6.07) is 0. The maximum atomic E-state index is 4.19. The minimum absolute atomic E-state index is 0.723. The molecule has 0 amide bonds. The van der Waals surface area contributed by atoms with Crippen LogP contribution in [-0.2, 0) is 19.6 Å². The maximum absolute atomic E-state index is 4.19. The molecule has 0 spiro atoms. The van der Waals surface area contributed by atoms with E-state index in [1.165, 1.54) is 5.69 Å². The molecule has 2 heterocycles. The molecular formula is C13H22N6. The zero-order chi connectivity index (χ0) is 13.5. The van der Waals surface area contributed by atoms with Gasteiger partial charge in [-0.25, -0.2) is 9.67 Å². The number of hydrogen-bond acceptors (Lipinski definition) is 4. The Morgan fingerprint density at radius 1 is 1.26 bits per heavy atom.